The Labute approximate surface area is 705 Å². The minimum absolute atomic E-state index is 0.378. The van der Waals surface area contributed by atoms with Gasteiger partial charge in [-0.1, -0.05) is 182 Å². The summed E-state index contributed by atoms with van der Waals surface area (Å²) >= 11 is 0. The molecule has 0 aliphatic carbocycles. The molecule has 0 saturated carbocycles. The predicted molar refractivity (Wildman–Crippen MR) is 516 cm³/mol. The molecule has 21 aromatic rings. The Morgan fingerprint density at radius 3 is 0.742 bits per heavy atom. The van der Waals surface area contributed by atoms with Crippen LogP contribution in [0, 0.1) is 40.8 Å². The lowest BCUT2D eigenvalue weighted by Gasteiger charge is -2.12. The number of para-hydroxylation sites is 6. The third-order valence-corrected chi connectivity index (χ3v) is 23.1. The fraction of sp³-hybridized carbons (Fsp3) is 0.229. The lowest BCUT2D eigenvalue weighted by molar-refractivity contribution is 0.637. The first-order valence-corrected chi connectivity index (χ1v) is 42.4. The van der Waals surface area contributed by atoms with Crippen LogP contribution in [0.2, 0.25) is 0 Å². The van der Waals surface area contributed by atoms with Gasteiger partial charge in [-0.15, -0.1) is 0 Å². The minimum atomic E-state index is 0.378. The molecule has 0 bridgehead atoms. The Kier molecular flexibility index (Phi) is 23.5. The Morgan fingerprint density at radius 1 is 0.217 bits per heavy atom. The number of nitrogens with zero attached hydrogens (tertiary/aromatic N) is 11. The first-order valence-electron chi connectivity index (χ1n) is 42.4. The zero-order valence-corrected chi connectivity index (χ0v) is 72.7. The topological polar surface area (TPSA) is 69.0 Å². The molecule has 0 fully saturated rings. The molecule has 0 unspecified atom stereocenters. The van der Waals surface area contributed by atoms with E-state index in [0.717, 1.165) is 16.7 Å². The lowest BCUT2D eigenvalue weighted by Crippen LogP contribution is -2.00. The van der Waals surface area contributed by atoms with Crippen LogP contribution in [0.3, 0.4) is 0 Å². The van der Waals surface area contributed by atoms with Gasteiger partial charge in [0.2, 0.25) is 0 Å². The van der Waals surface area contributed by atoms with Crippen LogP contribution in [0.15, 0.2) is 292 Å². The van der Waals surface area contributed by atoms with Crippen molar-refractivity contribution in [2.75, 3.05) is 0 Å². The van der Waals surface area contributed by atoms with Crippen LogP contribution in [-0.4, -0.2) is 41.9 Å². The summed E-state index contributed by atoms with van der Waals surface area (Å²) in [5.41, 5.74) is 24.4. The largest absolute Gasteiger partial charge is 0.339 e. The molecule has 12 aromatic carbocycles. The number of aromatic nitrogens is 9. The standard InChI is InChI=1S/C17H16N2.C17H19N.C16H14N2.C16H17N.C15H15N.2C14H14N2/c1-11(2)19-16-9-12(3)5-7-14(16)15-8-6-13(18-4)10-17(15)19;1-11(2)18-16-9-12(3)5-7-14(16)15-8-6-13(4)10-17(15)18;1-11(2)18-15-7-5-4-6-13(15)14-9-8-12(17-3)10-16(14)18;1-11(2)17-15-7-5-4-6-13(15)14-9-8-12(3)10-16(14)17;1-11(2)16-14-9-5-3-7-12(14)13-8-4-6-10-15(13)16;1-10(2)16-13-8-4-3-6-11(13)12-7-5-9-15-14(12)16;1-10(2)16-13-6-4-3-5-11(13)12-9-15-8-7-14(12)16/h5-11H,1-3H3;5-11H,1-4H3;4-11H,1-2H3;4-11H,1-3H3;3-11H,1-2H3;2*3-10H,1-2H3. The van der Waals surface area contributed by atoms with E-state index in [1.807, 2.05) is 48.9 Å². The third kappa shape index (κ3) is 15.5. The van der Waals surface area contributed by atoms with E-state index in [1.165, 1.54) is 158 Å². The summed E-state index contributed by atoms with van der Waals surface area (Å²) in [4.78, 5) is 15.8. The number of rotatable bonds is 7. The fourth-order valence-electron chi connectivity index (χ4n) is 18.1. The molecule has 0 amide bonds. The van der Waals surface area contributed by atoms with Gasteiger partial charge in [-0.25, -0.2) is 14.7 Å². The molecular weight excluding hydrogens is 1460 g/mol. The number of hydrogen-bond donors (Lipinski definition) is 0. The van der Waals surface area contributed by atoms with Crippen LogP contribution >= 0.6 is 0 Å². The SMILES string of the molecule is CC(C)n1c2ccccc2c2ccccc21.CC(C)n1c2ccccc2c2cccnc21.CC(C)n1c2ccccc2c2cnccc21.Cc1ccc2c3ccc(C)cc3n(C(C)C)c2c1.Cc1ccc2c3ccccc3n(C(C)C)c2c1.[C-]#[N+]c1ccc2c3ccc(C)cc3n(C(C)C)c2c1.[C-]#[N+]c1ccc2c3ccccc3n(C(C)C)c2c1. The molecule has 0 spiro atoms. The van der Waals surface area contributed by atoms with Crippen LogP contribution in [-0.2, 0) is 0 Å². The van der Waals surface area contributed by atoms with E-state index in [0.29, 0.717) is 53.7 Å². The Bertz CT molecular complexity index is 6940. The van der Waals surface area contributed by atoms with Crippen LogP contribution < -0.4 is 0 Å². The summed E-state index contributed by atoms with van der Waals surface area (Å²) in [6, 6.07) is 99.4. The molecule has 11 nitrogen and oxygen atoms in total. The van der Waals surface area contributed by atoms with E-state index < -0.39 is 0 Å². The van der Waals surface area contributed by atoms with Gasteiger partial charge >= 0.3 is 0 Å². The zero-order valence-electron chi connectivity index (χ0n) is 72.7. The molecule has 0 radical (unpaired) electrons. The average Bonchev–Trinajstić information content (AvgIpc) is 1.68. The lowest BCUT2D eigenvalue weighted by atomic mass is 10.1. The van der Waals surface area contributed by atoms with Crippen molar-refractivity contribution in [2.24, 2.45) is 0 Å². The molecule has 9 heterocycles. The van der Waals surface area contributed by atoms with Crippen molar-refractivity contribution in [3.05, 3.63) is 337 Å². The quantitative estimate of drug-likeness (QED) is 0.149. The number of aryl methyl sites for hydroxylation is 4. The second kappa shape index (κ2) is 34.6. The molecule has 0 N–H and O–H groups in total. The van der Waals surface area contributed by atoms with Crippen molar-refractivity contribution in [3.63, 3.8) is 0 Å². The number of pyridine rings is 2. The van der Waals surface area contributed by atoms with Crippen LogP contribution in [0.25, 0.3) is 162 Å². The number of fused-ring (bicyclic) bond motifs is 21. The van der Waals surface area contributed by atoms with E-state index in [-0.39, 0.29) is 0 Å². The number of benzene rings is 12. The Morgan fingerprint density at radius 2 is 0.442 bits per heavy atom. The summed E-state index contributed by atoms with van der Waals surface area (Å²) in [7, 11) is 0. The molecular formula is C109H109N11. The highest BCUT2D eigenvalue weighted by Gasteiger charge is 2.20. The normalized spacial score (nSPS) is 11.6. The summed E-state index contributed by atoms with van der Waals surface area (Å²) in [5.74, 6) is 0. The van der Waals surface area contributed by atoms with Gasteiger partial charge in [0.15, 0.2) is 11.4 Å². The van der Waals surface area contributed by atoms with Crippen LogP contribution in [0.5, 0.6) is 0 Å². The minimum Gasteiger partial charge on any atom is -0.339 e. The van der Waals surface area contributed by atoms with Crippen LogP contribution in [0.4, 0.5) is 11.4 Å². The number of hydrogen-bond acceptors (Lipinski definition) is 2. The van der Waals surface area contributed by atoms with E-state index in [1.54, 1.807) is 0 Å². The molecule has 0 aliphatic rings. The van der Waals surface area contributed by atoms with Crippen molar-refractivity contribution in [1.82, 2.24) is 41.9 Å². The highest BCUT2D eigenvalue weighted by atomic mass is 15.1. The van der Waals surface area contributed by atoms with Gasteiger partial charge in [0, 0.05) is 197 Å². The van der Waals surface area contributed by atoms with Crippen LogP contribution in [0.1, 0.15) is 161 Å². The molecule has 120 heavy (non-hydrogen) atoms. The first-order chi connectivity index (χ1) is 58.0. The average molecular weight is 1570 g/mol. The second-order valence-corrected chi connectivity index (χ2v) is 33.8. The smallest absolute Gasteiger partial charge is 0.189 e. The van der Waals surface area contributed by atoms with Gasteiger partial charge in [0.25, 0.3) is 0 Å². The van der Waals surface area contributed by atoms with Crippen molar-refractivity contribution in [1.29, 1.82) is 0 Å². The maximum absolute atomic E-state index is 7.18. The highest BCUT2D eigenvalue weighted by Crippen LogP contribution is 2.40. The predicted octanol–water partition coefficient (Wildman–Crippen LogP) is 31.8. The van der Waals surface area contributed by atoms with Gasteiger partial charge in [-0.3, -0.25) is 4.98 Å². The van der Waals surface area contributed by atoms with Crippen molar-refractivity contribution in [2.45, 2.75) is 167 Å². The van der Waals surface area contributed by atoms with Gasteiger partial charge in [-0.2, -0.15) is 0 Å². The van der Waals surface area contributed by atoms with Crippen molar-refractivity contribution in [3.8, 4) is 0 Å². The molecule has 0 saturated heterocycles. The molecule has 11 heteroatoms. The summed E-state index contributed by atoms with van der Waals surface area (Å²) in [6.45, 7) is 53.9. The van der Waals surface area contributed by atoms with E-state index in [4.69, 9.17) is 13.1 Å². The fourth-order valence-corrected chi connectivity index (χ4v) is 18.1. The monoisotopic (exact) mass is 1570 g/mol. The van der Waals surface area contributed by atoms with E-state index >= 15 is 0 Å². The Hall–Kier alpha value is -13.5. The molecule has 9 aromatic heterocycles. The van der Waals surface area contributed by atoms with Crippen molar-refractivity contribution < 1.29 is 0 Å². The summed E-state index contributed by atoms with van der Waals surface area (Å²) in [6.07, 6.45) is 5.68. The molecule has 600 valence electrons. The first kappa shape index (κ1) is 81.7. The maximum atomic E-state index is 7.18. The third-order valence-electron chi connectivity index (χ3n) is 23.1. The molecule has 0 aliphatic heterocycles. The van der Waals surface area contributed by atoms with Gasteiger partial charge in [0.1, 0.15) is 5.65 Å². The maximum Gasteiger partial charge on any atom is 0.189 e. The zero-order chi connectivity index (χ0) is 84.5. The molecule has 21 rings (SSSR count). The van der Waals surface area contributed by atoms with E-state index in [2.05, 4.69) is 419 Å². The second-order valence-electron chi connectivity index (χ2n) is 33.8. The van der Waals surface area contributed by atoms with Gasteiger partial charge < -0.3 is 32.0 Å². The highest BCUT2D eigenvalue weighted by molar-refractivity contribution is 6.14. The summed E-state index contributed by atoms with van der Waals surface area (Å²) < 4.78 is 16.6. The van der Waals surface area contributed by atoms with Gasteiger partial charge in [-0.05, 0) is 238 Å². The molecule has 0 atom stereocenters. The Balaban J connectivity index is 0.000000109. The van der Waals surface area contributed by atoms with E-state index in [9.17, 15) is 0 Å². The summed E-state index contributed by atoms with van der Waals surface area (Å²) in [5, 5.41) is 18.2. The van der Waals surface area contributed by atoms with Gasteiger partial charge in [0.05, 0.1) is 24.2 Å². The van der Waals surface area contributed by atoms with Crippen molar-refractivity contribution >= 4 is 164 Å².